The summed E-state index contributed by atoms with van der Waals surface area (Å²) in [5, 5.41) is 17.6. The summed E-state index contributed by atoms with van der Waals surface area (Å²) in [6.07, 6.45) is -0.0448. The normalized spacial score (nSPS) is 9.21. The summed E-state index contributed by atoms with van der Waals surface area (Å²) in [5.41, 5.74) is 0.801. The van der Waals surface area contributed by atoms with Crippen molar-refractivity contribution < 1.29 is 4.74 Å². The molecule has 1 rings (SSSR count). The standard InChI is InChI=1S/C11H10N2O/c1-8(2)14-11-9(6-12)4-3-5-10(11)7-13/h3-5,8H,1-2H3. The van der Waals surface area contributed by atoms with E-state index in [4.69, 9.17) is 15.3 Å². The molecule has 0 atom stereocenters. The fourth-order valence-corrected chi connectivity index (χ4v) is 1.08. The molecule has 0 heterocycles. The van der Waals surface area contributed by atoms with E-state index in [-0.39, 0.29) is 6.10 Å². The second-order valence-electron chi connectivity index (χ2n) is 3.07. The Kier molecular flexibility index (Phi) is 3.09. The topological polar surface area (TPSA) is 56.8 Å². The van der Waals surface area contributed by atoms with Gasteiger partial charge in [0.2, 0.25) is 0 Å². The van der Waals surface area contributed by atoms with Crippen molar-refractivity contribution in [2.24, 2.45) is 0 Å². The Hall–Kier alpha value is -2.00. The molecule has 0 aromatic heterocycles. The number of hydrogen-bond donors (Lipinski definition) is 0. The van der Waals surface area contributed by atoms with Crippen molar-refractivity contribution in [3.8, 4) is 17.9 Å². The molecule has 0 radical (unpaired) electrons. The van der Waals surface area contributed by atoms with Gasteiger partial charge in [0, 0.05) is 0 Å². The van der Waals surface area contributed by atoms with Gasteiger partial charge in [-0.1, -0.05) is 6.07 Å². The van der Waals surface area contributed by atoms with Crippen molar-refractivity contribution in [3.05, 3.63) is 29.3 Å². The average Bonchev–Trinajstić information content (AvgIpc) is 2.17. The van der Waals surface area contributed by atoms with Gasteiger partial charge in [0.1, 0.15) is 12.1 Å². The summed E-state index contributed by atoms with van der Waals surface area (Å²) in [6.45, 7) is 3.71. The predicted molar refractivity (Wildman–Crippen MR) is 51.6 cm³/mol. The molecule has 0 aliphatic carbocycles. The Morgan fingerprint density at radius 1 is 1.14 bits per heavy atom. The minimum absolute atomic E-state index is 0.0448. The van der Waals surface area contributed by atoms with E-state index in [1.807, 2.05) is 26.0 Å². The van der Waals surface area contributed by atoms with E-state index in [0.717, 1.165) is 0 Å². The smallest absolute Gasteiger partial charge is 0.155 e. The number of nitrogens with zero attached hydrogens (tertiary/aromatic N) is 2. The van der Waals surface area contributed by atoms with Crippen LogP contribution in [0.1, 0.15) is 25.0 Å². The first-order chi connectivity index (χ1) is 6.69. The molecule has 0 spiro atoms. The predicted octanol–water partition coefficient (Wildman–Crippen LogP) is 2.22. The number of para-hydroxylation sites is 1. The monoisotopic (exact) mass is 186 g/mol. The maximum Gasteiger partial charge on any atom is 0.155 e. The second-order valence-corrected chi connectivity index (χ2v) is 3.07. The Morgan fingerprint density at radius 2 is 1.64 bits per heavy atom. The third-order valence-corrected chi connectivity index (χ3v) is 1.61. The van der Waals surface area contributed by atoms with Gasteiger partial charge in [0.15, 0.2) is 5.75 Å². The van der Waals surface area contributed by atoms with Crippen LogP contribution in [0, 0.1) is 22.7 Å². The highest BCUT2D eigenvalue weighted by Crippen LogP contribution is 2.23. The zero-order chi connectivity index (χ0) is 10.6. The van der Waals surface area contributed by atoms with Crippen LogP contribution in [0.3, 0.4) is 0 Å². The number of benzene rings is 1. The molecular formula is C11H10N2O. The van der Waals surface area contributed by atoms with Crippen LogP contribution in [-0.2, 0) is 0 Å². The lowest BCUT2D eigenvalue weighted by atomic mass is 10.1. The fraction of sp³-hybridized carbons (Fsp3) is 0.273. The second kappa shape index (κ2) is 4.30. The quantitative estimate of drug-likeness (QED) is 0.711. The Bertz CT molecular complexity index is 378. The molecule has 0 aliphatic rings. The SMILES string of the molecule is CC(C)Oc1c(C#N)cccc1C#N. The van der Waals surface area contributed by atoms with Gasteiger partial charge in [-0.2, -0.15) is 10.5 Å². The average molecular weight is 186 g/mol. The van der Waals surface area contributed by atoms with Crippen LogP contribution < -0.4 is 4.74 Å². The van der Waals surface area contributed by atoms with Crippen LogP contribution >= 0.6 is 0 Å². The maximum atomic E-state index is 8.81. The molecule has 1 aromatic rings. The van der Waals surface area contributed by atoms with E-state index in [0.29, 0.717) is 16.9 Å². The molecule has 0 fully saturated rings. The van der Waals surface area contributed by atoms with Gasteiger partial charge < -0.3 is 4.74 Å². The highest BCUT2D eigenvalue weighted by Gasteiger charge is 2.10. The Balaban J connectivity index is 3.23. The first-order valence-corrected chi connectivity index (χ1v) is 4.29. The number of nitriles is 2. The van der Waals surface area contributed by atoms with Gasteiger partial charge in [-0.3, -0.25) is 0 Å². The molecule has 0 saturated carbocycles. The van der Waals surface area contributed by atoms with E-state index < -0.39 is 0 Å². The number of hydrogen-bond acceptors (Lipinski definition) is 3. The lowest BCUT2D eigenvalue weighted by molar-refractivity contribution is 0.241. The van der Waals surface area contributed by atoms with E-state index in [1.54, 1.807) is 18.2 Å². The van der Waals surface area contributed by atoms with Gasteiger partial charge in [0.25, 0.3) is 0 Å². The molecule has 70 valence electrons. The molecule has 0 amide bonds. The van der Waals surface area contributed by atoms with Crippen molar-refractivity contribution >= 4 is 0 Å². The highest BCUT2D eigenvalue weighted by atomic mass is 16.5. The minimum atomic E-state index is -0.0448. The largest absolute Gasteiger partial charge is 0.488 e. The molecular weight excluding hydrogens is 176 g/mol. The Morgan fingerprint density at radius 3 is 2.00 bits per heavy atom. The number of rotatable bonds is 2. The lowest BCUT2D eigenvalue weighted by Gasteiger charge is -2.11. The van der Waals surface area contributed by atoms with Crippen molar-refractivity contribution in [3.63, 3.8) is 0 Å². The van der Waals surface area contributed by atoms with Crippen molar-refractivity contribution in [1.29, 1.82) is 10.5 Å². The van der Waals surface area contributed by atoms with E-state index in [1.165, 1.54) is 0 Å². The van der Waals surface area contributed by atoms with Crippen molar-refractivity contribution in [2.45, 2.75) is 20.0 Å². The third kappa shape index (κ3) is 2.02. The van der Waals surface area contributed by atoms with Gasteiger partial charge in [-0.15, -0.1) is 0 Å². The lowest BCUT2D eigenvalue weighted by Crippen LogP contribution is -2.08. The van der Waals surface area contributed by atoms with E-state index in [9.17, 15) is 0 Å². The Labute approximate surface area is 83.2 Å². The van der Waals surface area contributed by atoms with Crippen LogP contribution in [0.2, 0.25) is 0 Å². The van der Waals surface area contributed by atoms with Crippen LogP contribution in [0.25, 0.3) is 0 Å². The maximum absolute atomic E-state index is 8.81. The molecule has 0 N–H and O–H groups in total. The zero-order valence-corrected chi connectivity index (χ0v) is 8.11. The molecule has 0 aliphatic heterocycles. The summed E-state index contributed by atoms with van der Waals surface area (Å²) >= 11 is 0. The zero-order valence-electron chi connectivity index (χ0n) is 8.11. The molecule has 1 aromatic carbocycles. The van der Waals surface area contributed by atoms with E-state index in [2.05, 4.69) is 0 Å². The molecule has 0 bridgehead atoms. The van der Waals surface area contributed by atoms with Gasteiger partial charge >= 0.3 is 0 Å². The summed E-state index contributed by atoms with van der Waals surface area (Å²) in [7, 11) is 0. The van der Waals surface area contributed by atoms with Crippen molar-refractivity contribution in [2.75, 3.05) is 0 Å². The van der Waals surface area contributed by atoms with E-state index >= 15 is 0 Å². The summed E-state index contributed by atoms with van der Waals surface area (Å²) in [5.74, 6) is 0.382. The fourth-order valence-electron chi connectivity index (χ4n) is 1.08. The molecule has 0 unspecified atom stereocenters. The van der Waals surface area contributed by atoms with Gasteiger partial charge in [-0.25, -0.2) is 0 Å². The first kappa shape index (κ1) is 10.1. The van der Waals surface area contributed by atoms with Crippen LogP contribution in [0.5, 0.6) is 5.75 Å². The minimum Gasteiger partial charge on any atom is -0.488 e. The van der Waals surface area contributed by atoms with Gasteiger partial charge in [-0.05, 0) is 26.0 Å². The van der Waals surface area contributed by atoms with Gasteiger partial charge in [0.05, 0.1) is 17.2 Å². The summed E-state index contributed by atoms with van der Waals surface area (Å²) in [6, 6.07) is 8.94. The van der Waals surface area contributed by atoms with Crippen LogP contribution in [0.15, 0.2) is 18.2 Å². The third-order valence-electron chi connectivity index (χ3n) is 1.61. The summed E-state index contributed by atoms with van der Waals surface area (Å²) < 4.78 is 5.41. The molecule has 14 heavy (non-hydrogen) atoms. The molecule has 3 heteroatoms. The van der Waals surface area contributed by atoms with Crippen LogP contribution in [0.4, 0.5) is 0 Å². The summed E-state index contributed by atoms with van der Waals surface area (Å²) in [4.78, 5) is 0. The molecule has 0 saturated heterocycles. The van der Waals surface area contributed by atoms with Crippen LogP contribution in [-0.4, -0.2) is 6.10 Å². The van der Waals surface area contributed by atoms with Crippen molar-refractivity contribution in [1.82, 2.24) is 0 Å². The molecule has 3 nitrogen and oxygen atoms in total. The first-order valence-electron chi connectivity index (χ1n) is 4.29. The number of ether oxygens (including phenoxy) is 1. The highest BCUT2D eigenvalue weighted by molar-refractivity contribution is 5.53.